The standard InChI is InChI=1S/C17H26BrNO/c1-13(2)19-12-15(11-17-7-4-8-20-17)9-14-5-3-6-16(18)10-14/h3,5-6,10,13,15,17,19H,4,7-9,11-12H2,1-2H3. The molecule has 0 bridgehead atoms. The van der Waals surface area contributed by atoms with E-state index in [4.69, 9.17) is 4.74 Å². The van der Waals surface area contributed by atoms with Crippen LogP contribution < -0.4 is 5.32 Å². The molecular weight excluding hydrogens is 314 g/mol. The van der Waals surface area contributed by atoms with Gasteiger partial charge in [-0.2, -0.15) is 0 Å². The second-order valence-electron chi connectivity index (χ2n) is 6.13. The first kappa shape index (κ1) is 16.0. The fourth-order valence-corrected chi connectivity index (χ4v) is 3.29. The van der Waals surface area contributed by atoms with E-state index < -0.39 is 0 Å². The van der Waals surface area contributed by atoms with Gasteiger partial charge in [-0.3, -0.25) is 0 Å². The third kappa shape index (κ3) is 5.55. The number of ether oxygens (including phenoxy) is 1. The Kier molecular flexibility index (Phi) is 6.53. The molecule has 1 aliphatic heterocycles. The average Bonchev–Trinajstić information content (AvgIpc) is 2.89. The summed E-state index contributed by atoms with van der Waals surface area (Å²) in [7, 11) is 0. The zero-order chi connectivity index (χ0) is 14.4. The zero-order valence-electron chi connectivity index (χ0n) is 12.6. The fourth-order valence-electron chi connectivity index (χ4n) is 2.84. The van der Waals surface area contributed by atoms with Crippen LogP contribution in [-0.2, 0) is 11.2 Å². The molecule has 3 heteroatoms. The highest BCUT2D eigenvalue weighted by atomic mass is 79.9. The third-order valence-electron chi connectivity index (χ3n) is 3.85. The summed E-state index contributed by atoms with van der Waals surface area (Å²) in [4.78, 5) is 0. The minimum absolute atomic E-state index is 0.473. The Morgan fingerprint density at radius 3 is 2.90 bits per heavy atom. The number of nitrogens with one attached hydrogen (secondary N) is 1. The molecule has 112 valence electrons. The second kappa shape index (κ2) is 8.16. The monoisotopic (exact) mass is 339 g/mol. The summed E-state index contributed by atoms with van der Waals surface area (Å²) in [6.07, 6.45) is 5.23. The molecule has 1 heterocycles. The highest BCUT2D eigenvalue weighted by Gasteiger charge is 2.21. The molecule has 1 N–H and O–H groups in total. The SMILES string of the molecule is CC(C)NCC(Cc1cccc(Br)c1)CC1CCCO1. The average molecular weight is 340 g/mol. The van der Waals surface area contributed by atoms with Crippen LogP contribution in [0.5, 0.6) is 0 Å². The van der Waals surface area contributed by atoms with Crippen molar-refractivity contribution in [3.63, 3.8) is 0 Å². The molecule has 1 aliphatic rings. The zero-order valence-corrected chi connectivity index (χ0v) is 14.2. The van der Waals surface area contributed by atoms with Crippen LogP contribution in [0.25, 0.3) is 0 Å². The van der Waals surface area contributed by atoms with E-state index in [-0.39, 0.29) is 0 Å². The Morgan fingerprint density at radius 2 is 2.25 bits per heavy atom. The van der Waals surface area contributed by atoms with Crippen molar-refractivity contribution in [2.75, 3.05) is 13.2 Å². The summed E-state index contributed by atoms with van der Waals surface area (Å²) < 4.78 is 6.98. The molecule has 0 amide bonds. The Labute approximate surface area is 131 Å². The smallest absolute Gasteiger partial charge is 0.0579 e. The highest BCUT2D eigenvalue weighted by molar-refractivity contribution is 9.10. The summed E-state index contributed by atoms with van der Waals surface area (Å²) in [6, 6.07) is 9.22. The summed E-state index contributed by atoms with van der Waals surface area (Å²) in [5.41, 5.74) is 1.41. The van der Waals surface area contributed by atoms with Crippen molar-refractivity contribution in [3.05, 3.63) is 34.3 Å². The van der Waals surface area contributed by atoms with E-state index >= 15 is 0 Å². The second-order valence-corrected chi connectivity index (χ2v) is 7.05. The maximum absolute atomic E-state index is 5.81. The maximum Gasteiger partial charge on any atom is 0.0579 e. The Bertz CT molecular complexity index is 402. The third-order valence-corrected chi connectivity index (χ3v) is 4.34. The molecule has 2 unspecified atom stereocenters. The molecule has 2 atom stereocenters. The van der Waals surface area contributed by atoms with Gasteiger partial charge in [-0.1, -0.05) is 41.9 Å². The van der Waals surface area contributed by atoms with Crippen molar-refractivity contribution in [3.8, 4) is 0 Å². The Morgan fingerprint density at radius 1 is 1.40 bits per heavy atom. The summed E-state index contributed by atoms with van der Waals surface area (Å²) in [5.74, 6) is 0.648. The molecule has 1 saturated heterocycles. The van der Waals surface area contributed by atoms with Crippen LogP contribution in [-0.4, -0.2) is 25.3 Å². The van der Waals surface area contributed by atoms with Crippen LogP contribution in [0.2, 0.25) is 0 Å². The normalized spacial score (nSPS) is 20.5. The molecule has 0 radical (unpaired) electrons. The topological polar surface area (TPSA) is 21.3 Å². The van der Waals surface area contributed by atoms with Crippen LogP contribution in [0.4, 0.5) is 0 Å². The van der Waals surface area contributed by atoms with E-state index in [9.17, 15) is 0 Å². The van der Waals surface area contributed by atoms with Gasteiger partial charge in [0.1, 0.15) is 0 Å². The number of benzene rings is 1. The van der Waals surface area contributed by atoms with Gasteiger partial charge in [0.2, 0.25) is 0 Å². The van der Waals surface area contributed by atoms with E-state index in [2.05, 4.69) is 59.4 Å². The van der Waals surface area contributed by atoms with Crippen LogP contribution >= 0.6 is 15.9 Å². The Hall–Kier alpha value is -0.380. The quantitative estimate of drug-likeness (QED) is 0.804. The van der Waals surface area contributed by atoms with Crippen molar-refractivity contribution in [1.82, 2.24) is 5.32 Å². The van der Waals surface area contributed by atoms with E-state index in [0.29, 0.717) is 18.1 Å². The van der Waals surface area contributed by atoms with Gasteiger partial charge in [-0.15, -0.1) is 0 Å². The molecule has 0 aliphatic carbocycles. The van der Waals surface area contributed by atoms with Gasteiger partial charge in [-0.25, -0.2) is 0 Å². The minimum atomic E-state index is 0.473. The van der Waals surface area contributed by atoms with Crippen molar-refractivity contribution in [2.45, 2.75) is 51.7 Å². The van der Waals surface area contributed by atoms with Crippen LogP contribution in [0, 0.1) is 5.92 Å². The lowest BCUT2D eigenvalue weighted by atomic mass is 9.92. The van der Waals surface area contributed by atoms with Gasteiger partial charge in [0.05, 0.1) is 6.10 Å². The molecular formula is C17H26BrNO. The molecule has 1 aromatic carbocycles. The van der Waals surface area contributed by atoms with Crippen molar-refractivity contribution < 1.29 is 4.74 Å². The Balaban J connectivity index is 1.93. The lowest BCUT2D eigenvalue weighted by molar-refractivity contribution is 0.0889. The molecule has 1 aromatic rings. The molecule has 0 spiro atoms. The van der Waals surface area contributed by atoms with Gasteiger partial charge in [0.15, 0.2) is 0 Å². The predicted molar refractivity (Wildman–Crippen MR) is 88.1 cm³/mol. The first-order valence-electron chi connectivity index (χ1n) is 7.73. The number of halogens is 1. The van der Waals surface area contributed by atoms with Gasteiger partial charge >= 0.3 is 0 Å². The van der Waals surface area contributed by atoms with Gasteiger partial charge in [0.25, 0.3) is 0 Å². The van der Waals surface area contributed by atoms with Crippen molar-refractivity contribution in [2.24, 2.45) is 5.92 Å². The molecule has 0 saturated carbocycles. The van der Waals surface area contributed by atoms with E-state index in [1.54, 1.807) is 0 Å². The number of hydrogen-bond donors (Lipinski definition) is 1. The van der Waals surface area contributed by atoms with Gasteiger partial charge in [0, 0.05) is 17.1 Å². The minimum Gasteiger partial charge on any atom is -0.378 e. The molecule has 1 fully saturated rings. The van der Waals surface area contributed by atoms with E-state index in [1.165, 1.54) is 29.3 Å². The highest BCUT2D eigenvalue weighted by Crippen LogP contribution is 2.23. The lowest BCUT2D eigenvalue weighted by Crippen LogP contribution is -2.31. The van der Waals surface area contributed by atoms with Crippen LogP contribution in [0.15, 0.2) is 28.7 Å². The predicted octanol–water partition coefficient (Wildman–Crippen LogP) is 4.17. The van der Waals surface area contributed by atoms with Crippen LogP contribution in [0.1, 0.15) is 38.7 Å². The van der Waals surface area contributed by atoms with Crippen molar-refractivity contribution >= 4 is 15.9 Å². The maximum atomic E-state index is 5.81. The summed E-state index contributed by atoms with van der Waals surface area (Å²) in [6.45, 7) is 6.44. The van der Waals surface area contributed by atoms with E-state index in [1.807, 2.05) is 0 Å². The molecule has 2 nitrogen and oxygen atoms in total. The molecule has 0 aromatic heterocycles. The van der Waals surface area contributed by atoms with Crippen LogP contribution in [0.3, 0.4) is 0 Å². The number of rotatable bonds is 7. The van der Waals surface area contributed by atoms with Gasteiger partial charge in [-0.05, 0) is 55.8 Å². The first-order chi connectivity index (χ1) is 9.63. The van der Waals surface area contributed by atoms with Gasteiger partial charge < -0.3 is 10.1 Å². The lowest BCUT2D eigenvalue weighted by Gasteiger charge is -2.22. The van der Waals surface area contributed by atoms with Crippen molar-refractivity contribution in [1.29, 1.82) is 0 Å². The first-order valence-corrected chi connectivity index (χ1v) is 8.52. The fraction of sp³-hybridized carbons (Fsp3) is 0.647. The summed E-state index contributed by atoms with van der Waals surface area (Å²) in [5, 5.41) is 3.59. The number of hydrogen-bond acceptors (Lipinski definition) is 2. The molecule has 20 heavy (non-hydrogen) atoms. The molecule has 2 rings (SSSR count). The van der Waals surface area contributed by atoms with E-state index in [0.717, 1.165) is 19.6 Å². The largest absolute Gasteiger partial charge is 0.378 e. The summed E-state index contributed by atoms with van der Waals surface area (Å²) >= 11 is 3.56.